The van der Waals surface area contributed by atoms with E-state index in [1.54, 1.807) is 0 Å². The molecule has 0 saturated carbocycles. The van der Waals surface area contributed by atoms with Gasteiger partial charge in [-0.3, -0.25) is 9.59 Å². The van der Waals surface area contributed by atoms with E-state index in [4.69, 9.17) is 4.74 Å². The van der Waals surface area contributed by atoms with Crippen LogP contribution < -0.4 is 0 Å². The molecule has 0 radical (unpaired) electrons. The van der Waals surface area contributed by atoms with Crippen molar-refractivity contribution in [1.82, 2.24) is 0 Å². The molecule has 4 nitrogen and oxygen atoms in total. The minimum absolute atomic E-state index is 0.114. The predicted molar refractivity (Wildman–Crippen MR) is 56.2 cm³/mol. The van der Waals surface area contributed by atoms with Gasteiger partial charge in [-0.05, 0) is 19.9 Å². The van der Waals surface area contributed by atoms with Gasteiger partial charge in [0.1, 0.15) is 5.60 Å². The number of hydrogen-bond donors (Lipinski definition) is 1. The van der Waals surface area contributed by atoms with Crippen LogP contribution in [0.4, 0.5) is 0 Å². The summed E-state index contributed by atoms with van der Waals surface area (Å²) in [6.07, 6.45) is 3.76. The number of ether oxygens (including phenoxy) is 1. The van der Waals surface area contributed by atoms with Gasteiger partial charge in [-0.15, -0.1) is 0 Å². The predicted octanol–water partition coefficient (Wildman–Crippen LogP) is 1.00. The minimum atomic E-state index is -1.39. The molecule has 0 aliphatic carbocycles. The van der Waals surface area contributed by atoms with Gasteiger partial charge in [-0.25, -0.2) is 0 Å². The highest BCUT2D eigenvalue weighted by Crippen LogP contribution is 2.03. The first-order chi connectivity index (χ1) is 6.88. The van der Waals surface area contributed by atoms with E-state index in [9.17, 15) is 14.7 Å². The number of allylic oxidation sites excluding steroid dienone is 1. The molecule has 0 aromatic rings. The first-order valence-corrected chi connectivity index (χ1v) is 4.58. The summed E-state index contributed by atoms with van der Waals surface area (Å²) in [5.74, 6) is -0.560. The summed E-state index contributed by atoms with van der Waals surface area (Å²) < 4.78 is 4.89. The Morgan fingerprint density at radius 3 is 2.53 bits per heavy atom. The zero-order valence-corrected chi connectivity index (χ0v) is 9.03. The number of carbonyl (C=O) groups excluding carboxylic acids is 2. The fourth-order valence-corrected chi connectivity index (χ4v) is 0.643. The summed E-state index contributed by atoms with van der Waals surface area (Å²) in [5, 5.41) is 9.25. The van der Waals surface area contributed by atoms with Crippen LogP contribution in [0.5, 0.6) is 0 Å². The Bertz CT molecular complexity index is 271. The van der Waals surface area contributed by atoms with E-state index < -0.39 is 11.4 Å². The van der Waals surface area contributed by atoms with Crippen molar-refractivity contribution in [2.75, 3.05) is 6.61 Å². The van der Waals surface area contributed by atoms with Crippen LogP contribution in [0.1, 0.15) is 20.3 Å². The first kappa shape index (κ1) is 13.6. The van der Waals surface area contributed by atoms with Gasteiger partial charge >= 0.3 is 0 Å². The van der Waals surface area contributed by atoms with Crippen molar-refractivity contribution in [2.45, 2.75) is 25.9 Å². The molecule has 0 aliphatic rings. The molecule has 0 heterocycles. The van der Waals surface area contributed by atoms with Crippen molar-refractivity contribution < 1.29 is 19.4 Å². The van der Waals surface area contributed by atoms with E-state index in [-0.39, 0.29) is 18.8 Å². The second-order valence-corrected chi connectivity index (χ2v) is 3.52. The topological polar surface area (TPSA) is 63.6 Å². The molecule has 1 N–H and O–H groups in total. The van der Waals surface area contributed by atoms with E-state index in [1.165, 1.54) is 26.2 Å². The van der Waals surface area contributed by atoms with Crippen molar-refractivity contribution in [2.24, 2.45) is 0 Å². The lowest BCUT2D eigenvalue weighted by molar-refractivity contribution is -0.129. The molecule has 0 saturated heterocycles. The quantitative estimate of drug-likeness (QED) is 0.388. The monoisotopic (exact) mass is 212 g/mol. The molecular formula is C11H16O4. The third kappa shape index (κ3) is 6.62. The fraction of sp³-hybridized carbons (Fsp3) is 0.455. The first-order valence-electron chi connectivity index (χ1n) is 4.58. The summed E-state index contributed by atoms with van der Waals surface area (Å²) in [4.78, 5) is 21.9. The van der Waals surface area contributed by atoms with E-state index in [0.717, 1.165) is 6.08 Å². The van der Waals surface area contributed by atoms with Crippen molar-refractivity contribution in [3.8, 4) is 0 Å². The second kappa shape index (κ2) is 6.14. The molecule has 0 spiro atoms. The maximum absolute atomic E-state index is 11.1. The average Bonchev–Trinajstić information content (AvgIpc) is 2.15. The maximum Gasteiger partial charge on any atom is 0.189 e. The van der Waals surface area contributed by atoms with Crippen LogP contribution in [0.15, 0.2) is 25.0 Å². The van der Waals surface area contributed by atoms with E-state index in [0.29, 0.717) is 0 Å². The Labute approximate surface area is 89.2 Å². The number of carbonyl (C=O) groups is 2. The molecule has 15 heavy (non-hydrogen) atoms. The Hall–Kier alpha value is -1.42. The minimum Gasteiger partial charge on any atom is -0.501 e. The number of ketones is 2. The van der Waals surface area contributed by atoms with E-state index in [2.05, 4.69) is 6.58 Å². The zero-order chi connectivity index (χ0) is 11.9. The molecule has 0 aliphatic heterocycles. The molecule has 0 bridgehead atoms. The lowest BCUT2D eigenvalue weighted by Crippen LogP contribution is -2.29. The van der Waals surface area contributed by atoms with Gasteiger partial charge in [-0.1, -0.05) is 6.58 Å². The van der Waals surface area contributed by atoms with Gasteiger partial charge in [0.15, 0.2) is 11.6 Å². The van der Waals surface area contributed by atoms with Crippen molar-refractivity contribution in [3.05, 3.63) is 25.0 Å². The molecular weight excluding hydrogens is 196 g/mol. The van der Waals surface area contributed by atoms with Gasteiger partial charge in [0, 0.05) is 12.5 Å². The van der Waals surface area contributed by atoms with Gasteiger partial charge in [-0.2, -0.15) is 0 Å². The highest BCUT2D eigenvalue weighted by Gasteiger charge is 2.20. The summed E-state index contributed by atoms with van der Waals surface area (Å²) in [6, 6.07) is 0. The normalized spacial score (nSPS) is 11.4. The van der Waals surface area contributed by atoms with E-state index >= 15 is 0 Å². The molecule has 0 atom stereocenters. The van der Waals surface area contributed by atoms with Crippen LogP contribution in [-0.4, -0.2) is 28.9 Å². The molecule has 0 unspecified atom stereocenters. The van der Waals surface area contributed by atoms with Crippen LogP contribution in [0.2, 0.25) is 0 Å². The standard InChI is InChI=1S/C11H16O4/c1-4-9(12)5-7-15-8-6-10(13)11(2,3)14/h4,6,8,14H,1,5,7H2,2-3H3. The lowest BCUT2D eigenvalue weighted by Gasteiger charge is -2.11. The smallest absolute Gasteiger partial charge is 0.189 e. The summed E-state index contributed by atoms with van der Waals surface area (Å²) in [6.45, 7) is 6.28. The van der Waals surface area contributed by atoms with Crippen molar-refractivity contribution >= 4 is 11.6 Å². The zero-order valence-electron chi connectivity index (χ0n) is 9.03. The van der Waals surface area contributed by atoms with Crippen LogP contribution in [0.25, 0.3) is 0 Å². The molecule has 84 valence electrons. The fourth-order valence-electron chi connectivity index (χ4n) is 0.643. The van der Waals surface area contributed by atoms with Crippen molar-refractivity contribution in [1.29, 1.82) is 0 Å². The molecule has 0 fully saturated rings. The van der Waals surface area contributed by atoms with E-state index in [1.807, 2.05) is 0 Å². The molecule has 0 aromatic carbocycles. The van der Waals surface area contributed by atoms with Gasteiger partial charge in [0.05, 0.1) is 12.9 Å². The Kier molecular flexibility index (Phi) is 5.56. The number of rotatable bonds is 7. The highest BCUT2D eigenvalue weighted by atomic mass is 16.5. The molecule has 0 aromatic heterocycles. The van der Waals surface area contributed by atoms with Gasteiger partial charge in [0.2, 0.25) is 0 Å². The Balaban J connectivity index is 3.78. The van der Waals surface area contributed by atoms with Gasteiger partial charge < -0.3 is 9.84 Å². The summed E-state index contributed by atoms with van der Waals surface area (Å²) >= 11 is 0. The van der Waals surface area contributed by atoms with Crippen LogP contribution in [0.3, 0.4) is 0 Å². The number of aliphatic hydroxyl groups is 1. The lowest BCUT2D eigenvalue weighted by atomic mass is 10.0. The highest BCUT2D eigenvalue weighted by molar-refractivity contribution is 5.95. The summed E-state index contributed by atoms with van der Waals surface area (Å²) in [5.41, 5.74) is -1.39. The van der Waals surface area contributed by atoms with Crippen molar-refractivity contribution in [3.63, 3.8) is 0 Å². The third-order valence-electron chi connectivity index (χ3n) is 1.61. The SMILES string of the molecule is C=CC(=O)CCOC=CC(=O)C(C)(C)O. The summed E-state index contributed by atoms with van der Waals surface area (Å²) in [7, 11) is 0. The van der Waals surface area contributed by atoms with Crippen LogP contribution in [-0.2, 0) is 14.3 Å². The molecule has 0 amide bonds. The third-order valence-corrected chi connectivity index (χ3v) is 1.61. The Morgan fingerprint density at radius 1 is 1.47 bits per heavy atom. The Morgan fingerprint density at radius 2 is 2.07 bits per heavy atom. The van der Waals surface area contributed by atoms with Gasteiger partial charge in [0.25, 0.3) is 0 Å². The van der Waals surface area contributed by atoms with Crippen LogP contribution >= 0.6 is 0 Å². The van der Waals surface area contributed by atoms with Crippen LogP contribution in [0, 0.1) is 0 Å². The maximum atomic E-state index is 11.1. The largest absolute Gasteiger partial charge is 0.501 e. The average molecular weight is 212 g/mol. The number of hydrogen-bond acceptors (Lipinski definition) is 4. The molecule has 0 rings (SSSR count). The molecule has 4 heteroatoms. The second-order valence-electron chi connectivity index (χ2n) is 3.52.